The molecule has 0 rings (SSSR count). The number of rotatable bonds is 53. The highest BCUT2D eigenvalue weighted by Crippen LogP contribution is 2.15. The highest BCUT2D eigenvalue weighted by molar-refractivity contribution is 5.71. The maximum atomic E-state index is 12.8. The van der Waals surface area contributed by atoms with Crippen LogP contribution in [0.3, 0.4) is 0 Å². The molecule has 0 fully saturated rings. The van der Waals surface area contributed by atoms with Crippen LogP contribution in [0.25, 0.3) is 0 Å². The van der Waals surface area contributed by atoms with Crippen molar-refractivity contribution in [2.45, 2.75) is 284 Å². The highest BCUT2D eigenvalue weighted by atomic mass is 16.6. The van der Waals surface area contributed by atoms with E-state index >= 15 is 0 Å². The zero-order valence-corrected chi connectivity index (χ0v) is 46.5. The number of esters is 3. The Morgan fingerprint density at radius 2 is 0.549 bits per heavy atom. The van der Waals surface area contributed by atoms with Crippen LogP contribution in [0.4, 0.5) is 0 Å². The van der Waals surface area contributed by atoms with Crippen LogP contribution < -0.4 is 0 Å². The maximum absolute atomic E-state index is 12.8. The first-order chi connectivity index (χ1) is 35.0. The Hall–Kier alpha value is -3.67. The second-order valence-corrected chi connectivity index (χ2v) is 19.5. The molecule has 0 radical (unpaired) electrons. The van der Waals surface area contributed by atoms with Crippen molar-refractivity contribution in [1.29, 1.82) is 0 Å². The SMILES string of the molecule is CC/C=C\C/C=C\C/C=C\CCCCCCCC(=O)OC(COC(=O)CCCCC/C=C\C/C=C\C/C=C\CC)COC(=O)CCCCCCCCCCCCCCC/C=C\C/C=C\CCCCCCC. The second-order valence-electron chi connectivity index (χ2n) is 19.5. The predicted molar refractivity (Wildman–Crippen MR) is 307 cm³/mol. The second kappa shape index (κ2) is 58.9. The Morgan fingerprint density at radius 1 is 0.296 bits per heavy atom. The first-order valence-corrected chi connectivity index (χ1v) is 29.7. The molecule has 0 spiro atoms. The molecular weight excluding hydrogens is 877 g/mol. The number of carbonyl (C=O) groups is 3. The largest absolute Gasteiger partial charge is 0.462 e. The molecule has 0 bridgehead atoms. The van der Waals surface area contributed by atoms with Gasteiger partial charge in [0, 0.05) is 19.3 Å². The van der Waals surface area contributed by atoms with Gasteiger partial charge in [0.1, 0.15) is 13.2 Å². The standard InChI is InChI=1S/C65H110O6/c1-4-7-10-13-16-19-22-25-27-28-29-30-31-32-33-34-35-36-38-40-43-46-49-52-55-58-64(67)70-61-62(60-69-63(66)57-54-51-48-45-42-39-24-21-18-15-12-9-6-3)71-65(68)59-56-53-50-47-44-41-37-26-23-20-17-14-11-8-5-2/h8-9,11-12,17-18,20-22,25-26,28-29,37,39,42,62H,4-7,10,13-16,19,23-24,27,30-36,38,40-41,43-61H2,1-3H3/b11-8-,12-9-,20-17-,21-18-,25-22-,29-28-,37-26-,42-39-. The van der Waals surface area contributed by atoms with Gasteiger partial charge < -0.3 is 14.2 Å². The summed E-state index contributed by atoms with van der Waals surface area (Å²) in [6.07, 6.45) is 78.4. The fourth-order valence-corrected chi connectivity index (χ4v) is 8.15. The summed E-state index contributed by atoms with van der Waals surface area (Å²) >= 11 is 0. The molecule has 1 atom stereocenters. The summed E-state index contributed by atoms with van der Waals surface area (Å²) in [6.45, 7) is 6.37. The van der Waals surface area contributed by atoms with E-state index in [1.165, 1.54) is 109 Å². The summed E-state index contributed by atoms with van der Waals surface area (Å²) in [5, 5.41) is 0. The lowest BCUT2D eigenvalue weighted by Crippen LogP contribution is -2.30. The van der Waals surface area contributed by atoms with Gasteiger partial charge >= 0.3 is 17.9 Å². The fourth-order valence-electron chi connectivity index (χ4n) is 8.15. The Morgan fingerprint density at radius 3 is 0.873 bits per heavy atom. The number of unbranched alkanes of at least 4 members (excludes halogenated alkanes) is 26. The lowest BCUT2D eigenvalue weighted by atomic mass is 10.0. The van der Waals surface area contributed by atoms with Gasteiger partial charge in [0.2, 0.25) is 0 Å². The van der Waals surface area contributed by atoms with Crippen LogP contribution in [0.1, 0.15) is 278 Å². The minimum absolute atomic E-state index is 0.0944. The van der Waals surface area contributed by atoms with Crippen molar-refractivity contribution in [3.05, 3.63) is 97.2 Å². The van der Waals surface area contributed by atoms with Gasteiger partial charge in [-0.15, -0.1) is 0 Å². The summed E-state index contributed by atoms with van der Waals surface area (Å²) in [5.41, 5.74) is 0. The van der Waals surface area contributed by atoms with Gasteiger partial charge in [0.05, 0.1) is 0 Å². The monoisotopic (exact) mass is 987 g/mol. The molecule has 0 aromatic heterocycles. The van der Waals surface area contributed by atoms with E-state index in [0.29, 0.717) is 19.3 Å². The topological polar surface area (TPSA) is 78.9 Å². The minimum Gasteiger partial charge on any atom is -0.462 e. The van der Waals surface area contributed by atoms with Gasteiger partial charge in [-0.25, -0.2) is 0 Å². The number of allylic oxidation sites excluding steroid dienone is 16. The third kappa shape index (κ3) is 57.1. The van der Waals surface area contributed by atoms with E-state index in [-0.39, 0.29) is 31.1 Å². The molecule has 0 amide bonds. The van der Waals surface area contributed by atoms with Gasteiger partial charge in [-0.2, -0.15) is 0 Å². The molecule has 0 aliphatic rings. The summed E-state index contributed by atoms with van der Waals surface area (Å²) < 4.78 is 16.8. The van der Waals surface area contributed by atoms with Crippen LogP contribution in [-0.4, -0.2) is 37.2 Å². The average Bonchev–Trinajstić information content (AvgIpc) is 3.37. The molecule has 6 nitrogen and oxygen atoms in total. The number of ether oxygens (including phenoxy) is 3. The van der Waals surface area contributed by atoms with Crippen molar-refractivity contribution < 1.29 is 28.6 Å². The molecule has 71 heavy (non-hydrogen) atoms. The van der Waals surface area contributed by atoms with Gasteiger partial charge in [-0.3, -0.25) is 14.4 Å². The smallest absolute Gasteiger partial charge is 0.306 e. The van der Waals surface area contributed by atoms with Crippen molar-refractivity contribution in [2.24, 2.45) is 0 Å². The van der Waals surface area contributed by atoms with Crippen LogP contribution >= 0.6 is 0 Å². The third-order valence-corrected chi connectivity index (χ3v) is 12.6. The molecule has 0 saturated carbocycles. The summed E-state index contributed by atoms with van der Waals surface area (Å²) in [4.78, 5) is 38.1. The zero-order chi connectivity index (χ0) is 51.4. The number of hydrogen-bond acceptors (Lipinski definition) is 6. The molecule has 0 aromatic rings. The van der Waals surface area contributed by atoms with Gasteiger partial charge in [0.15, 0.2) is 6.10 Å². The molecule has 0 aliphatic carbocycles. The van der Waals surface area contributed by atoms with Crippen molar-refractivity contribution in [3.63, 3.8) is 0 Å². The Kier molecular flexibility index (Phi) is 55.9. The third-order valence-electron chi connectivity index (χ3n) is 12.6. The normalized spacial score (nSPS) is 12.8. The van der Waals surface area contributed by atoms with Crippen molar-refractivity contribution in [3.8, 4) is 0 Å². The molecule has 0 N–H and O–H groups in total. The van der Waals surface area contributed by atoms with E-state index in [1.54, 1.807) is 0 Å². The van der Waals surface area contributed by atoms with E-state index < -0.39 is 6.10 Å². The first kappa shape index (κ1) is 67.3. The van der Waals surface area contributed by atoms with E-state index in [1.807, 2.05) is 0 Å². The van der Waals surface area contributed by atoms with Gasteiger partial charge in [-0.1, -0.05) is 240 Å². The summed E-state index contributed by atoms with van der Waals surface area (Å²) in [6, 6.07) is 0. The predicted octanol–water partition coefficient (Wildman–Crippen LogP) is 20.1. The molecule has 1 unspecified atom stereocenters. The van der Waals surface area contributed by atoms with Crippen LogP contribution in [0.5, 0.6) is 0 Å². The minimum atomic E-state index is -0.800. The number of carbonyl (C=O) groups excluding carboxylic acids is 3. The molecular formula is C65H110O6. The van der Waals surface area contributed by atoms with Gasteiger partial charge in [-0.05, 0) is 116 Å². The summed E-state index contributed by atoms with van der Waals surface area (Å²) in [7, 11) is 0. The maximum Gasteiger partial charge on any atom is 0.306 e. The van der Waals surface area contributed by atoms with Crippen LogP contribution in [0.2, 0.25) is 0 Å². The molecule has 0 saturated heterocycles. The Labute approximate surface area is 438 Å². The Bertz CT molecular complexity index is 1410. The van der Waals surface area contributed by atoms with Crippen molar-refractivity contribution >= 4 is 17.9 Å². The quantitative estimate of drug-likeness (QED) is 0.0261. The highest BCUT2D eigenvalue weighted by Gasteiger charge is 2.19. The van der Waals surface area contributed by atoms with Gasteiger partial charge in [0.25, 0.3) is 0 Å². The lowest BCUT2D eigenvalue weighted by molar-refractivity contribution is -0.167. The van der Waals surface area contributed by atoms with Crippen LogP contribution in [0, 0.1) is 0 Å². The molecule has 406 valence electrons. The van der Waals surface area contributed by atoms with E-state index in [9.17, 15) is 14.4 Å². The van der Waals surface area contributed by atoms with Crippen molar-refractivity contribution in [1.82, 2.24) is 0 Å². The number of hydrogen-bond donors (Lipinski definition) is 0. The average molecular weight is 988 g/mol. The first-order valence-electron chi connectivity index (χ1n) is 29.7. The fraction of sp³-hybridized carbons (Fsp3) is 0.708. The van der Waals surface area contributed by atoms with Crippen LogP contribution in [-0.2, 0) is 28.6 Å². The lowest BCUT2D eigenvalue weighted by Gasteiger charge is -2.18. The van der Waals surface area contributed by atoms with Crippen LogP contribution in [0.15, 0.2) is 97.2 Å². The van der Waals surface area contributed by atoms with Crippen molar-refractivity contribution in [2.75, 3.05) is 13.2 Å². The molecule has 6 heteroatoms. The Balaban J connectivity index is 4.32. The summed E-state index contributed by atoms with van der Waals surface area (Å²) in [5.74, 6) is -0.939. The molecule has 0 aliphatic heterocycles. The molecule has 0 aromatic carbocycles. The molecule has 0 heterocycles. The zero-order valence-electron chi connectivity index (χ0n) is 46.5. The van der Waals surface area contributed by atoms with E-state index in [2.05, 4.69) is 118 Å². The van der Waals surface area contributed by atoms with E-state index in [4.69, 9.17) is 14.2 Å². The van der Waals surface area contributed by atoms with E-state index in [0.717, 1.165) is 128 Å².